The van der Waals surface area contributed by atoms with Gasteiger partial charge in [0.15, 0.2) is 0 Å². The third kappa shape index (κ3) is 7.76. The monoisotopic (exact) mass is 488 g/mol. The van der Waals surface area contributed by atoms with E-state index in [2.05, 4.69) is 10.6 Å². The SMILES string of the molecule is O=C[C@H](CC(=O)[O-])NC(=O)Cn1c(Cc2ccccc2)ccc(NC(=O)CCc2ccccc2)c1=O. The Balaban J connectivity index is 1.81. The summed E-state index contributed by atoms with van der Waals surface area (Å²) in [4.78, 5) is 60.2. The van der Waals surface area contributed by atoms with Crippen molar-refractivity contribution in [3.8, 4) is 0 Å². The highest BCUT2D eigenvalue weighted by molar-refractivity contribution is 5.90. The van der Waals surface area contributed by atoms with Gasteiger partial charge in [0, 0.05) is 30.9 Å². The molecule has 0 fully saturated rings. The predicted molar refractivity (Wildman–Crippen MR) is 131 cm³/mol. The number of aldehydes is 1. The van der Waals surface area contributed by atoms with Gasteiger partial charge < -0.3 is 29.9 Å². The van der Waals surface area contributed by atoms with E-state index >= 15 is 0 Å². The van der Waals surface area contributed by atoms with Crippen molar-refractivity contribution in [1.29, 1.82) is 0 Å². The molecule has 3 aromatic rings. The summed E-state index contributed by atoms with van der Waals surface area (Å²) in [6, 6.07) is 20.6. The van der Waals surface area contributed by atoms with Crippen LogP contribution >= 0.6 is 0 Å². The highest BCUT2D eigenvalue weighted by Gasteiger charge is 2.17. The number of carboxylic acids is 1. The second-order valence-corrected chi connectivity index (χ2v) is 8.21. The van der Waals surface area contributed by atoms with E-state index in [1.165, 1.54) is 10.6 Å². The molecule has 2 N–H and O–H groups in total. The minimum Gasteiger partial charge on any atom is -0.550 e. The molecule has 0 spiro atoms. The van der Waals surface area contributed by atoms with Crippen LogP contribution in [0.4, 0.5) is 5.69 Å². The zero-order valence-corrected chi connectivity index (χ0v) is 19.5. The van der Waals surface area contributed by atoms with Gasteiger partial charge in [0.1, 0.15) is 18.5 Å². The quantitative estimate of drug-likeness (QED) is 0.362. The van der Waals surface area contributed by atoms with Gasteiger partial charge in [-0.15, -0.1) is 0 Å². The number of nitrogens with zero attached hydrogens (tertiary/aromatic N) is 1. The van der Waals surface area contributed by atoms with Crippen LogP contribution in [-0.2, 0) is 38.6 Å². The Morgan fingerprint density at radius 1 is 0.889 bits per heavy atom. The first-order valence-electron chi connectivity index (χ1n) is 11.4. The summed E-state index contributed by atoms with van der Waals surface area (Å²) in [6.07, 6.45) is 0.617. The minimum absolute atomic E-state index is 0.0133. The molecule has 36 heavy (non-hydrogen) atoms. The van der Waals surface area contributed by atoms with E-state index < -0.39 is 36.4 Å². The van der Waals surface area contributed by atoms with Gasteiger partial charge in [0.2, 0.25) is 11.8 Å². The number of rotatable bonds is 12. The van der Waals surface area contributed by atoms with Crippen LogP contribution in [0, 0.1) is 0 Å². The fourth-order valence-electron chi connectivity index (χ4n) is 3.67. The molecule has 1 heterocycles. The van der Waals surface area contributed by atoms with Gasteiger partial charge in [0.25, 0.3) is 5.56 Å². The van der Waals surface area contributed by atoms with Crippen LogP contribution in [0.5, 0.6) is 0 Å². The summed E-state index contributed by atoms with van der Waals surface area (Å²) >= 11 is 0. The molecule has 2 aromatic carbocycles. The normalized spacial score (nSPS) is 11.3. The molecule has 0 aliphatic heterocycles. The summed E-state index contributed by atoms with van der Waals surface area (Å²) in [6.45, 7) is -0.466. The van der Waals surface area contributed by atoms with Crippen molar-refractivity contribution in [2.45, 2.75) is 38.3 Å². The minimum atomic E-state index is -1.49. The molecule has 1 aromatic heterocycles. The van der Waals surface area contributed by atoms with Crippen LogP contribution in [-0.4, -0.2) is 34.7 Å². The fraction of sp³-hybridized carbons (Fsp3) is 0.222. The lowest BCUT2D eigenvalue weighted by Gasteiger charge is -2.17. The number of hydrogen-bond acceptors (Lipinski definition) is 6. The van der Waals surface area contributed by atoms with Crippen molar-refractivity contribution in [3.05, 3.63) is 100.0 Å². The maximum absolute atomic E-state index is 13.3. The molecule has 1 atom stereocenters. The summed E-state index contributed by atoms with van der Waals surface area (Å²) in [5.41, 5.74) is 1.81. The Morgan fingerprint density at radius 2 is 1.53 bits per heavy atom. The lowest BCUT2D eigenvalue weighted by molar-refractivity contribution is -0.306. The number of anilines is 1. The summed E-state index contributed by atoms with van der Waals surface area (Å²) in [5, 5.41) is 15.7. The number of aryl methyl sites for hydroxylation is 1. The van der Waals surface area contributed by atoms with Crippen molar-refractivity contribution in [2.24, 2.45) is 0 Å². The predicted octanol–water partition coefficient (Wildman–Crippen LogP) is 0.834. The van der Waals surface area contributed by atoms with E-state index in [9.17, 15) is 29.1 Å². The molecule has 186 valence electrons. The smallest absolute Gasteiger partial charge is 0.275 e. The molecule has 0 aliphatic carbocycles. The van der Waals surface area contributed by atoms with Gasteiger partial charge >= 0.3 is 0 Å². The molecule has 0 radical (unpaired) electrons. The maximum atomic E-state index is 13.3. The fourth-order valence-corrected chi connectivity index (χ4v) is 3.67. The molecule has 9 nitrogen and oxygen atoms in total. The van der Waals surface area contributed by atoms with Crippen molar-refractivity contribution in [1.82, 2.24) is 9.88 Å². The van der Waals surface area contributed by atoms with Crippen molar-refractivity contribution < 1.29 is 24.3 Å². The number of aromatic nitrogens is 1. The number of aliphatic carboxylic acids is 1. The Morgan fingerprint density at radius 3 is 2.14 bits per heavy atom. The highest BCUT2D eigenvalue weighted by atomic mass is 16.4. The van der Waals surface area contributed by atoms with Gasteiger partial charge in [-0.05, 0) is 29.7 Å². The second-order valence-electron chi connectivity index (χ2n) is 8.21. The Kier molecular flexibility index (Phi) is 9.27. The largest absolute Gasteiger partial charge is 0.550 e. The van der Waals surface area contributed by atoms with Crippen LogP contribution in [0.3, 0.4) is 0 Å². The van der Waals surface area contributed by atoms with E-state index in [1.807, 2.05) is 60.7 Å². The van der Waals surface area contributed by atoms with Crippen LogP contribution in [0.15, 0.2) is 77.6 Å². The molecule has 9 heteroatoms. The molecule has 0 saturated carbocycles. The molecular formula is C27H26N3O6-. The number of carbonyl (C=O) groups excluding carboxylic acids is 4. The first-order valence-corrected chi connectivity index (χ1v) is 11.4. The van der Waals surface area contributed by atoms with E-state index in [0.717, 1.165) is 11.1 Å². The van der Waals surface area contributed by atoms with Gasteiger partial charge in [-0.3, -0.25) is 14.4 Å². The average molecular weight is 489 g/mol. The Labute approximate surface area is 207 Å². The number of carboxylic acid groups (broad SMARTS) is 1. The topological polar surface area (TPSA) is 137 Å². The summed E-state index contributed by atoms with van der Waals surface area (Å²) in [5.74, 6) is -2.57. The van der Waals surface area contributed by atoms with Crippen LogP contribution in [0.25, 0.3) is 0 Å². The Hall–Kier alpha value is -4.53. The second kappa shape index (κ2) is 12.8. The van der Waals surface area contributed by atoms with Crippen LogP contribution in [0.1, 0.15) is 29.7 Å². The molecule has 0 aliphatic rings. The number of nitrogens with one attached hydrogen (secondary N) is 2. The Bertz CT molecular complexity index is 1270. The number of hydrogen-bond donors (Lipinski definition) is 2. The molecule has 0 unspecified atom stereocenters. The summed E-state index contributed by atoms with van der Waals surface area (Å²) in [7, 11) is 0. The molecule has 2 amide bonds. The van der Waals surface area contributed by atoms with E-state index in [-0.39, 0.29) is 18.0 Å². The number of carbonyl (C=O) groups is 4. The number of benzene rings is 2. The number of pyridine rings is 1. The zero-order valence-electron chi connectivity index (χ0n) is 19.5. The zero-order chi connectivity index (χ0) is 25.9. The van der Waals surface area contributed by atoms with Crippen molar-refractivity contribution >= 4 is 29.8 Å². The van der Waals surface area contributed by atoms with Crippen molar-refractivity contribution in [2.75, 3.05) is 5.32 Å². The average Bonchev–Trinajstić information content (AvgIpc) is 2.87. The number of amides is 2. The molecular weight excluding hydrogens is 462 g/mol. The van der Waals surface area contributed by atoms with Crippen LogP contribution < -0.4 is 21.3 Å². The molecule has 0 bridgehead atoms. The van der Waals surface area contributed by atoms with E-state index in [1.54, 1.807) is 6.07 Å². The van der Waals surface area contributed by atoms with Crippen LogP contribution in [0.2, 0.25) is 0 Å². The first kappa shape index (κ1) is 26.1. The highest BCUT2D eigenvalue weighted by Crippen LogP contribution is 2.12. The maximum Gasteiger partial charge on any atom is 0.275 e. The molecule has 0 saturated heterocycles. The van der Waals surface area contributed by atoms with Gasteiger partial charge in [-0.2, -0.15) is 0 Å². The third-order valence-corrected chi connectivity index (χ3v) is 5.45. The van der Waals surface area contributed by atoms with Gasteiger partial charge in [-0.25, -0.2) is 0 Å². The lowest BCUT2D eigenvalue weighted by Crippen LogP contribution is -2.43. The van der Waals surface area contributed by atoms with E-state index in [4.69, 9.17) is 0 Å². The lowest BCUT2D eigenvalue weighted by atomic mass is 10.1. The van der Waals surface area contributed by atoms with Gasteiger partial charge in [0.05, 0.1) is 6.04 Å². The van der Waals surface area contributed by atoms with Crippen molar-refractivity contribution in [3.63, 3.8) is 0 Å². The summed E-state index contributed by atoms with van der Waals surface area (Å²) < 4.78 is 1.20. The molecule has 3 rings (SSSR count). The van der Waals surface area contributed by atoms with Gasteiger partial charge in [-0.1, -0.05) is 60.7 Å². The van der Waals surface area contributed by atoms with E-state index in [0.29, 0.717) is 24.8 Å². The standard InChI is InChI=1S/C27H27N3O6/c31-18-21(16-26(34)35)28-25(33)17-30-22(15-20-9-5-2-6-10-20)12-13-23(27(30)36)29-24(32)14-11-19-7-3-1-4-8-19/h1-10,12-13,18,21H,11,14-17H2,(H,28,33)(H,29,32)(H,34,35)/p-1/t21-/m0/s1. The third-order valence-electron chi connectivity index (χ3n) is 5.45. The first-order chi connectivity index (χ1) is 17.4.